The van der Waals surface area contributed by atoms with Crippen molar-refractivity contribution in [2.24, 2.45) is 15.2 Å². The highest BCUT2D eigenvalue weighted by atomic mass is 15.2. The van der Waals surface area contributed by atoms with Gasteiger partial charge in [-0.05, 0) is 24.3 Å². The van der Waals surface area contributed by atoms with Crippen LogP contribution in [-0.2, 0) is 0 Å². The van der Waals surface area contributed by atoms with Crippen LogP contribution < -0.4 is 0 Å². The highest BCUT2D eigenvalue weighted by Crippen LogP contribution is 2.28. The van der Waals surface area contributed by atoms with Gasteiger partial charge in [-0.15, -0.1) is 10.2 Å². The first-order valence-corrected chi connectivity index (χ1v) is 5.08. The Morgan fingerprint density at radius 2 is 1.50 bits per heavy atom. The van der Waals surface area contributed by atoms with Crippen molar-refractivity contribution >= 4 is 17.2 Å². The number of fused-ring (bicyclic) bond motifs is 1. The lowest BCUT2D eigenvalue weighted by Gasteiger charge is -1.96. The molecular formula is C13H9N3. The summed E-state index contributed by atoms with van der Waals surface area (Å²) >= 11 is 0. The van der Waals surface area contributed by atoms with Crippen molar-refractivity contribution in [2.45, 2.75) is 0 Å². The van der Waals surface area contributed by atoms with E-state index < -0.39 is 0 Å². The molecular weight excluding hydrogens is 198 g/mol. The molecule has 0 N–H and O–H groups in total. The zero-order valence-electron chi connectivity index (χ0n) is 8.54. The normalized spacial score (nSPS) is 15.4. The topological polar surface area (TPSA) is 37.1 Å². The van der Waals surface area contributed by atoms with Gasteiger partial charge in [-0.3, -0.25) is 0 Å². The number of amidine groups is 1. The number of aliphatic imine (C=N–C) groups is 1. The average molecular weight is 207 g/mol. The minimum absolute atomic E-state index is 0.682. The van der Waals surface area contributed by atoms with Crippen molar-refractivity contribution in [2.75, 3.05) is 0 Å². The summed E-state index contributed by atoms with van der Waals surface area (Å²) in [4.78, 5) is 4.46. The van der Waals surface area contributed by atoms with Crippen molar-refractivity contribution in [1.29, 1.82) is 0 Å². The van der Waals surface area contributed by atoms with E-state index in [1.54, 1.807) is 0 Å². The molecule has 1 aliphatic heterocycles. The van der Waals surface area contributed by atoms with Gasteiger partial charge < -0.3 is 0 Å². The van der Waals surface area contributed by atoms with E-state index in [0.29, 0.717) is 5.84 Å². The van der Waals surface area contributed by atoms with Gasteiger partial charge in [0.2, 0.25) is 0 Å². The molecule has 0 spiro atoms. The zero-order chi connectivity index (χ0) is 10.8. The van der Waals surface area contributed by atoms with E-state index >= 15 is 0 Å². The van der Waals surface area contributed by atoms with Crippen LogP contribution in [0.2, 0.25) is 0 Å². The zero-order valence-corrected chi connectivity index (χ0v) is 8.54. The predicted octanol–water partition coefficient (Wildman–Crippen LogP) is 3.86. The number of hydrogen-bond donors (Lipinski definition) is 0. The van der Waals surface area contributed by atoms with Crippen LogP contribution in [-0.4, -0.2) is 5.84 Å². The first-order chi connectivity index (χ1) is 7.93. The van der Waals surface area contributed by atoms with Crippen molar-refractivity contribution in [3.05, 3.63) is 60.2 Å². The average Bonchev–Trinajstić information content (AvgIpc) is 2.74. The van der Waals surface area contributed by atoms with E-state index in [2.05, 4.69) is 15.2 Å². The lowest BCUT2D eigenvalue weighted by molar-refractivity contribution is 1.33. The lowest BCUT2D eigenvalue weighted by Crippen LogP contribution is -1.90. The molecule has 3 rings (SSSR count). The van der Waals surface area contributed by atoms with Crippen LogP contribution in [0.25, 0.3) is 0 Å². The van der Waals surface area contributed by atoms with E-state index in [0.717, 1.165) is 16.9 Å². The summed E-state index contributed by atoms with van der Waals surface area (Å²) in [7, 11) is 0. The molecule has 1 aliphatic rings. The summed E-state index contributed by atoms with van der Waals surface area (Å²) in [6.45, 7) is 0. The first kappa shape index (κ1) is 8.97. The summed E-state index contributed by atoms with van der Waals surface area (Å²) in [6, 6.07) is 17.6. The van der Waals surface area contributed by atoms with Gasteiger partial charge >= 0.3 is 0 Å². The Labute approximate surface area is 93.2 Å². The van der Waals surface area contributed by atoms with E-state index in [4.69, 9.17) is 0 Å². The largest absolute Gasteiger partial charge is 0.227 e. The third-order valence-corrected chi connectivity index (χ3v) is 2.39. The molecule has 0 aliphatic carbocycles. The summed E-state index contributed by atoms with van der Waals surface area (Å²) < 4.78 is 0. The second-order valence-corrected chi connectivity index (χ2v) is 3.49. The van der Waals surface area contributed by atoms with Crippen molar-refractivity contribution < 1.29 is 0 Å². The molecule has 0 atom stereocenters. The van der Waals surface area contributed by atoms with Crippen LogP contribution in [0.3, 0.4) is 0 Å². The number of hydrogen-bond acceptors (Lipinski definition) is 2. The quantitative estimate of drug-likeness (QED) is 0.680. The molecule has 0 saturated heterocycles. The van der Waals surface area contributed by atoms with E-state index in [-0.39, 0.29) is 0 Å². The Bertz CT molecular complexity index is 571. The number of benzene rings is 2. The van der Waals surface area contributed by atoms with Gasteiger partial charge in [0.1, 0.15) is 0 Å². The number of nitrogens with zero attached hydrogens (tertiary/aromatic N) is 3. The van der Waals surface area contributed by atoms with Crippen LogP contribution >= 0.6 is 0 Å². The summed E-state index contributed by atoms with van der Waals surface area (Å²) in [6.07, 6.45) is 0. The van der Waals surface area contributed by atoms with Gasteiger partial charge in [-0.25, -0.2) is 4.99 Å². The van der Waals surface area contributed by atoms with Gasteiger partial charge in [0.05, 0.1) is 11.4 Å². The highest BCUT2D eigenvalue weighted by molar-refractivity contribution is 6.06. The van der Waals surface area contributed by atoms with Gasteiger partial charge in [0, 0.05) is 5.56 Å². The van der Waals surface area contributed by atoms with Crippen molar-refractivity contribution in [1.82, 2.24) is 0 Å². The molecule has 76 valence electrons. The van der Waals surface area contributed by atoms with E-state index in [9.17, 15) is 0 Å². The molecule has 3 nitrogen and oxygen atoms in total. The number of para-hydroxylation sites is 1. The smallest absolute Gasteiger partial charge is 0.184 e. The monoisotopic (exact) mass is 207 g/mol. The molecule has 0 amide bonds. The van der Waals surface area contributed by atoms with Crippen LogP contribution in [0.1, 0.15) is 5.56 Å². The fourth-order valence-corrected chi connectivity index (χ4v) is 1.61. The summed E-state index contributed by atoms with van der Waals surface area (Å²) in [5, 5.41) is 8.14. The third-order valence-electron chi connectivity index (χ3n) is 2.39. The molecule has 16 heavy (non-hydrogen) atoms. The number of rotatable bonds is 1. The SMILES string of the molecule is c1ccc(N=C2N=Nc3ccccc32)cc1. The molecule has 0 radical (unpaired) electrons. The molecule has 2 aromatic rings. The Balaban J connectivity index is 2.06. The van der Waals surface area contributed by atoms with Gasteiger partial charge in [-0.2, -0.15) is 0 Å². The first-order valence-electron chi connectivity index (χ1n) is 5.08. The second-order valence-electron chi connectivity index (χ2n) is 3.49. The van der Waals surface area contributed by atoms with Crippen molar-refractivity contribution in [3.63, 3.8) is 0 Å². The fraction of sp³-hybridized carbons (Fsp3) is 0. The number of azo groups is 1. The van der Waals surface area contributed by atoms with Crippen LogP contribution in [0.4, 0.5) is 11.4 Å². The third kappa shape index (κ3) is 1.52. The molecule has 0 saturated carbocycles. The Morgan fingerprint density at radius 3 is 2.38 bits per heavy atom. The molecule has 2 aromatic carbocycles. The Kier molecular flexibility index (Phi) is 2.07. The van der Waals surface area contributed by atoms with E-state index in [1.165, 1.54) is 0 Å². The standard InChI is InChI=1S/C13H9N3/c1-2-6-10(7-3-1)14-13-11-8-4-5-9-12(11)15-16-13/h1-9H. The summed E-state index contributed by atoms with van der Waals surface area (Å²) in [5.41, 5.74) is 2.77. The molecule has 0 unspecified atom stereocenters. The van der Waals surface area contributed by atoms with Crippen LogP contribution in [0, 0.1) is 0 Å². The lowest BCUT2D eigenvalue weighted by atomic mass is 10.2. The van der Waals surface area contributed by atoms with Gasteiger partial charge in [0.15, 0.2) is 5.84 Å². The minimum Gasteiger partial charge on any atom is -0.227 e. The second kappa shape index (κ2) is 3.70. The van der Waals surface area contributed by atoms with E-state index in [1.807, 2.05) is 54.6 Å². The van der Waals surface area contributed by atoms with Gasteiger partial charge in [-0.1, -0.05) is 30.3 Å². The van der Waals surface area contributed by atoms with Gasteiger partial charge in [0.25, 0.3) is 0 Å². The fourth-order valence-electron chi connectivity index (χ4n) is 1.61. The predicted molar refractivity (Wildman–Crippen MR) is 63.6 cm³/mol. The molecule has 1 heterocycles. The molecule has 0 fully saturated rings. The maximum atomic E-state index is 4.46. The Morgan fingerprint density at radius 1 is 0.750 bits per heavy atom. The minimum atomic E-state index is 0.682. The molecule has 0 bridgehead atoms. The molecule has 0 aromatic heterocycles. The highest BCUT2D eigenvalue weighted by Gasteiger charge is 2.13. The maximum absolute atomic E-state index is 4.46. The Hall–Kier alpha value is -2.29. The van der Waals surface area contributed by atoms with Crippen LogP contribution in [0.15, 0.2) is 69.8 Å². The van der Waals surface area contributed by atoms with Crippen LogP contribution in [0.5, 0.6) is 0 Å². The summed E-state index contributed by atoms with van der Waals surface area (Å²) in [5.74, 6) is 0.682. The maximum Gasteiger partial charge on any atom is 0.184 e. The molecule has 3 heteroatoms. The van der Waals surface area contributed by atoms with Crippen molar-refractivity contribution in [3.8, 4) is 0 Å².